The van der Waals surface area contributed by atoms with Crippen molar-refractivity contribution >= 4 is 17.5 Å². The van der Waals surface area contributed by atoms with E-state index in [1.807, 2.05) is 30.3 Å². The first-order valence-corrected chi connectivity index (χ1v) is 13.8. The summed E-state index contributed by atoms with van der Waals surface area (Å²) in [4.78, 5) is 35.9. The Balaban J connectivity index is 1.80. The molecule has 1 N–H and O–H groups in total. The summed E-state index contributed by atoms with van der Waals surface area (Å²) in [6.07, 6.45) is 11.4. The van der Waals surface area contributed by atoms with E-state index in [0.29, 0.717) is 24.2 Å². The van der Waals surface area contributed by atoms with Crippen LogP contribution in [0, 0.1) is 16.9 Å². The van der Waals surface area contributed by atoms with Crippen LogP contribution in [0.3, 0.4) is 0 Å². The van der Waals surface area contributed by atoms with Crippen molar-refractivity contribution in [3.63, 3.8) is 0 Å². The van der Waals surface area contributed by atoms with Gasteiger partial charge < -0.3 is 5.32 Å². The Morgan fingerprint density at radius 1 is 1.13 bits per heavy atom. The van der Waals surface area contributed by atoms with Gasteiger partial charge in [0.1, 0.15) is 12.1 Å². The SMILES string of the molecule is CC1(C)C[C@H](C(=O)N(c2ccc(C(C)(C)C)cc2)[C@@H](C(=O)NC2CCCCC2)c2cccnc2)N(C#N)C1. The van der Waals surface area contributed by atoms with E-state index >= 15 is 0 Å². The molecular formula is C31H41N5O2. The number of hydrogen-bond acceptors (Lipinski definition) is 5. The molecule has 2 fully saturated rings. The maximum absolute atomic E-state index is 14.4. The number of pyridine rings is 1. The van der Waals surface area contributed by atoms with Gasteiger partial charge in [-0.05, 0) is 53.9 Å². The van der Waals surface area contributed by atoms with Crippen LogP contribution >= 0.6 is 0 Å². The molecule has 1 aromatic carbocycles. The van der Waals surface area contributed by atoms with E-state index in [9.17, 15) is 14.9 Å². The van der Waals surface area contributed by atoms with E-state index < -0.39 is 12.1 Å². The van der Waals surface area contributed by atoms with Gasteiger partial charge in [0.05, 0.1) is 0 Å². The van der Waals surface area contributed by atoms with Gasteiger partial charge in [0.25, 0.3) is 5.91 Å². The molecule has 7 heteroatoms. The van der Waals surface area contributed by atoms with Crippen LogP contribution in [0.2, 0.25) is 0 Å². The number of likely N-dealkylation sites (tertiary alicyclic amines) is 1. The molecule has 1 aliphatic heterocycles. The summed E-state index contributed by atoms with van der Waals surface area (Å²) < 4.78 is 0. The van der Waals surface area contributed by atoms with Crippen LogP contribution in [0.4, 0.5) is 5.69 Å². The number of nitrogens with zero attached hydrogens (tertiary/aromatic N) is 4. The van der Waals surface area contributed by atoms with Crippen LogP contribution in [0.5, 0.6) is 0 Å². The van der Waals surface area contributed by atoms with Gasteiger partial charge in [0.2, 0.25) is 5.91 Å². The zero-order valence-electron chi connectivity index (χ0n) is 23.4. The number of carbonyl (C=O) groups excluding carboxylic acids is 2. The Morgan fingerprint density at radius 3 is 2.39 bits per heavy atom. The van der Waals surface area contributed by atoms with E-state index in [4.69, 9.17) is 0 Å². The lowest BCUT2D eigenvalue weighted by atomic mass is 9.87. The standard InChI is InChI=1S/C31H41N5O2/c1-30(2,3)23-13-15-25(16-14-23)36(29(38)26-18-31(4,5)20-35(26)21-32)27(22-10-9-17-33-19-22)28(37)34-24-11-7-6-8-12-24/h9-10,13-17,19,24,26-27H,6-8,11-12,18,20H2,1-5H3,(H,34,37)/t26-,27-/m1/s1. The van der Waals surface area contributed by atoms with Crippen molar-refractivity contribution in [1.82, 2.24) is 15.2 Å². The quantitative estimate of drug-likeness (QED) is 0.514. The van der Waals surface area contributed by atoms with Crippen LogP contribution in [-0.2, 0) is 15.0 Å². The molecule has 4 rings (SSSR count). The van der Waals surface area contributed by atoms with Crippen LogP contribution < -0.4 is 10.2 Å². The first kappa shape index (κ1) is 27.6. The summed E-state index contributed by atoms with van der Waals surface area (Å²) in [5.41, 5.74) is 2.18. The Bertz CT molecular complexity index is 1160. The second-order valence-corrected chi connectivity index (χ2v) is 12.6. The van der Waals surface area contributed by atoms with Crippen molar-refractivity contribution in [3.05, 3.63) is 59.9 Å². The molecule has 1 aliphatic carbocycles. The predicted molar refractivity (Wildman–Crippen MR) is 149 cm³/mol. The summed E-state index contributed by atoms with van der Waals surface area (Å²) in [6, 6.07) is 10.1. The number of hydrogen-bond donors (Lipinski definition) is 1. The van der Waals surface area contributed by atoms with Gasteiger partial charge in [0, 0.05) is 36.2 Å². The Kier molecular flexibility index (Phi) is 8.10. The van der Waals surface area contributed by atoms with Gasteiger partial charge in [-0.1, -0.05) is 72.1 Å². The molecule has 2 atom stereocenters. The van der Waals surface area contributed by atoms with Crippen molar-refractivity contribution in [2.45, 2.75) is 96.7 Å². The number of nitrogens with one attached hydrogen (secondary N) is 1. The predicted octanol–water partition coefficient (Wildman–Crippen LogP) is 5.48. The third kappa shape index (κ3) is 6.18. The third-order valence-corrected chi connectivity index (χ3v) is 7.84. The van der Waals surface area contributed by atoms with E-state index in [0.717, 1.165) is 31.2 Å². The molecule has 2 aliphatic rings. The van der Waals surface area contributed by atoms with E-state index in [1.54, 1.807) is 28.3 Å². The minimum absolute atomic E-state index is 0.0540. The normalized spacial score (nSPS) is 20.4. The third-order valence-electron chi connectivity index (χ3n) is 7.84. The maximum Gasteiger partial charge on any atom is 0.251 e. The maximum atomic E-state index is 14.4. The smallest absolute Gasteiger partial charge is 0.251 e. The molecule has 0 spiro atoms. The average Bonchev–Trinajstić information content (AvgIpc) is 3.22. The number of nitriles is 1. The fourth-order valence-electron chi connectivity index (χ4n) is 5.76. The molecule has 0 radical (unpaired) electrons. The minimum atomic E-state index is -0.900. The molecule has 1 saturated carbocycles. The molecule has 2 heterocycles. The average molecular weight is 516 g/mol. The highest BCUT2D eigenvalue weighted by molar-refractivity contribution is 6.04. The van der Waals surface area contributed by atoms with Gasteiger partial charge in [-0.25, -0.2) is 0 Å². The van der Waals surface area contributed by atoms with Gasteiger partial charge in [-0.3, -0.25) is 24.4 Å². The Hall–Kier alpha value is -3.40. The largest absolute Gasteiger partial charge is 0.351 e. The second kappa shape index (κ2) is 11.1. The fourth-order valence-corrected chi connectivity index (χ4v) is 5.76. The van der Waals surface area contributed by atoms with Gasteiger partial charge in [-0.2, -0.15) is 5.26 Å². The molecule has 2 aromatic rings. The second-order valence-electron chi connectivity index (χ2n) is 12.6. The summed E-state index contributed by atoms with van der Waals surface area (Å²) in [7, 11) is 0. The Morgan fingerprint density at radius 2 is 1.82 bits per heavy atom. The highest BCUT2D eigenvalue weighted by Crippen LogP contribution is 2.38. The first-order chi connectivity index (χ1) is 18.0. The van der Waals surface area contributed by atoms with E-state index in [2.05, 4.69) is 51.1 Å². The number of anilines is 1. The lowest BCUT2D eigenvalue weighted by Gasteiger charge is -2.36. The molecule has 0 unspecified atom stereocenters. The Labute approximate surface area is 227 Å². The van der Waals surface area contributed by atoms with Gasteiger partial charge in [0.15, 0.2) is 6.19 Å². The zero-order valence-corrected chi connectivity index (χ0v) is 23.4. The monoisotopic (exact) mass is 515 g/mol. The number of aromatic nitrogens is 1. The van der Waals surface area contributed by atoms with Gasteiger partial charge in [-0.15, -0.1) is 0 Å². The zero-order chi connectivity index (χ0) is 27.5. The number of benzene rings is 1. The van der Waals surface area contributed by atoms with Gasteiger partial charge >= 0.3 is 0 Å². The molecule has 202 valence electrons. The highest BCUT2D eigenvalue weighted by atomic mass is 16.2. The number of rotatable bonds is 6. The molecule has 2 amide bonds. The van der Waals surface area contributed by atoms with Crippen molar-refractivity contribution in [2.75, 3.05) is 11.4 Å². The topological polar surface area (TPSA) is 89.3 Å². The summed E-state index contributed by atoms with van der Waals surface area (Å²) in [5.74, 6) is -0.452. The van der Waals surface area contributed by atoms with E-state index in [1.165, 1.54) is 6.42 Å². The molecule has 38 heavy (non-hydrogen) atoms. The molecule has 0 bridgehead atoms. The molecular weight excluding hydrogens is 474 g/mol. The van der Waals surface area contributed by atoms with Crippen LogP contribution in [0.1, 0.15) is 90.3 Å². The summed E-state index contributed by atoms with van der Waals surface area (Å²) >= 11 is 0. The highest BCUT2D eigenvalue weighted by Gasteiger charge is 2.46. The molecule has 7 nitrogen and oxygen atoms in total. The lowest BCUT2D eigenvalue weighted by molar-refractivity contribution is -0.128. The van der Waals surface area contributed by atoms with Crippen LogP contribution in [0.15, 0.2) is 48.8 Å². The van der Waals surface area contributed by atoms with Crippen LogP contribution in [0.25, 0.3) is 0 Å². The molecule has 1 aromatic heterocycles. The lowest BCUT2D eigenvalue weighted by Crippen LogP contribution is -2.51. The fraction of sp³-hybridized carbons (Fsp3) is 0.548. The van der Waals surface area contributed by atoms with Crippen molar-refractivity contribution in [2.24, 2.45) is 5.41 Å². The van der Waals surface area contributed by atoms with Crippen LogP contribution in [-0.4, -0.2) is 40.3 Å². The summed E-state index contributed by atoms with van der Waals surface area (Å²) in [5, 5.41) is 13.1. The number of amides is 2. The van der Waals surface area contributed by atoms with Crippen molar-refractivity contribution < 1.29 is 9.59 Å². The summed E-state index contributed by atoms with van der Waals surface area (Å²) in [6.45, 7) is 11.1. The van der Waals surface area contributed by atoms with E-state index in [-0.39, 0.29) is 28.7 Å². The first-order valence-electron chi connectivity index (χ1n) is 13.8. The minimum Gasteiger partial charge on any atom is -0.351 e. The van der Waals surface area contributed by atoms with Crippen molar-refractivity contribution in [3.8, 4) is 6.19 Å². The molecule has 1 saturated heterocycles. The van der Waals surface area contributed by atoms with Crippen molar-refractivity contribution in [1.29, 1.82) is 5.26 Å². The number of carbonyl (C=O) groups is 2.